The van der Waals surface area contributed by atoms with Crippen LogP contribution in [0, 0.1) is 0 Å². The monoisotopic (exact) mass is 477 g/mol. The lowest BCUT2D eigenvalue weighted by molar-refractivity contribution is 0.271. The number of aromatic nitrogens is 2. The Labute approximate surface area is 197 Å². The maximum absolute atomic E-state index is 13.4. The number of aromatic hydroxyl groups is 1. The van der Waals surface area contributed by atoms with E-state index >= 15 is 0 Å². The van der Waals surface area contributed by atoms with Crippen LogP contribution >= 0.6 is 23.2 Å². The van der Waals surface area contributed by atoms with Crippen LogP contribution < -0.4 is 11.2 Å². The van der Waals surface area contributed by atoms with Gasteiger partial charge in [-0.05, 0) is 43.4 Å². The van der Waals surface area contributed by atoms with Crippen LogP contribution in [0.5, 0.6) is 5.88 Å². The number of aliphatic imine (C=N–C) groups is 1. The van der Waals surface area contributed by atoms with Crippen molar-refractivity contribution < 1.29 is 5.11 Å². The van der Waals surface area contributed by atoms with Gasteiger partial charge in [0, 0.05) is 18.3 Å². The lowest BCUT2D eigenvalue weighted by atomic mass is 9.94. The number of hydrogen-bond acceptors (Lipinski definition) is 4. The third kappa shape index (κ3) is 4.81. The first-order valence-electron chi connectivity index (χ1n) is 11.5. The molecule has 2 saturated carbocycles. The van der Waals surface area contributed by atoms with E-state index in [-0.39, 0.29) is 35.8 Å². The minimum absolute atomic E-state index is 0.0841. The molecular formula is C24H29Cl2N3O3. The molecule has 1 N–H and O–H groups in total. The van der Waals surface area contributed by atoms with Crippen LogP contribution in [0.15, 0.2) is 32.8 Å². The molecule has 32 heavy (non-hydrogen) atoms. The number of halogens is 2. The zero-order valence-corrected chi connectivity index (χ0v) is 19.6. The van der Waals surface area contributed by atoms with Gasteiger partial charge in [0.25, 0.3) is 5.56 Å². The molecule has 0 unspecified atom stereocenters. The zero-order chi connectivity index (χ0) is 22.7. The van der Waals surface area contributed by atoms with Gasteiger partial charge in [0.05, 0.1) is 16.6 Å². The van der Waals surface area contributed by atoms with E-state index in [1.165, 1.54) is 15.3 Å². The summed E-state index contributed by atoms with van der Waals surface area (Å²) in [4.78, 5) is 31.2. The lowest BCUT2D eigenvalue weighted by Gasteiger charge is -2.29. The Hall–Kier alpha value is -2.05. The molecule has 4 rings (SSSR count). The van der Waals surface area contributed by atoms with E-state index in [0.29, 0.717) is 10.0 Å². The molecule has 0 saturated heterocycles. The van der Waals surface area contributed by atoms with Crippen molar-refractivity contribution in [2.24, 2.45) is 4.99 Å². The Morgan fingerprint density at radius 3 is 2.09 bits per heavy atom. The first-order valence-corrected chi connectivity index (χ1v) is 12.3. The molecule has 2 aliphatic rings. The standard InChI is InChI=1S/C24H29Cl2N3O3/c25-20-12-11-16(13-21(20)26)14-27-15-19-22(30)28(17-7-3-1-4-8-17)24(32)29(23(19)31)18-9-5-2-6-10-18/h11-13,15,17-18,30H,1-10,14H2. The first-order chi connectivity index (χ1) is 15.5. The summed E-state index contributed by atoms with van der Waals surface area (Å²) in [7, 11) is 0. The topological polar surface area (TPSA) is 76.6 Å². The quantitative estimate of drug-likeness (QED) is 0.564. The van der Waals surface area contributed by atoms with Gasteiger partial charge in [0.1, 0.15) is 5.56 Å². The van der Waals surface area contributed by atoms with Crippen molar-refractivity contribution in [2.75, 3.05) is 0 Å². The van der Waals surface area contributed by atoms with E-state index in [4.69, 9.17) is 23.2 Å². The molecule has 1 heterocycles. The summed E-state index contributed by atoms with van der Waals surface area (Å²) in [6.45, 7) is 0.280. The van der Waals surface area contributed by atoms with Gasteiger partial charge in [-0.1, -0.05) is 67.8 Å². The van der Waals surface area contributed by atoms with E-state index < -0.39 is 5.56 Å². The molecule has 0 bridgehead atoms. The molecule has 0 spiro atoms. The van der Waals surface area contributed by atoms with Gasteiger partial charge in [-0.2, -0.15) is 0 Å². The van der Waals surface area contributed by atoms with E-state index in [0.717, 1.165) is 69.8 Å². The highest BCUT2D eigenvalue weighted by molar-refractivity contribution is 6.42. The van der Waals surface area contributed by atoms with E-state index in [1.54, 1.807) is 12.1 Å². The summed E-state index contributed by atoms with van der Waals surface area (Å²) in [5.41, 5.74) is 0.0847. The predicted molar refractivity (Wildman–Crippen MR) is 129 cm³/mol. The smallest absolute Gasteiger partial charge is 0.334 e. The Morgan fingerprint density at radius 2 is 1.50 bits per heavy atom. The van der Waals surface area contributed by atoms with Crippen molar-refractivity contribution >= 4 is 29.4 Å². The zero-order valence-electron chi connectivity index (χ0n) is 18.1. The largest absolute Gasteiger partial charge is 0.494 e. The molecule has 0 amide bonds. The van der Waals surface area contributed by atoms with Crippen LogP contribution in [0.2, 0.25) is 10.0 Å². The molecule has 2 fully saturated rings. The lowest BCUT2D eigenvalue weighted by Crippen LogP contribution is -2.45. The Balaban J connectivity index is 1.75. The van der Waals surface area contributed by atoms with Crippen molar-refractivity contribution in [3.8, 4) is 5.88 Å². The number of hydrogen-bond donors (Lipinski definition) is 1. The molecular weight excluding hydrogens is 449 g/mol. The maximum Gasteiger partial charge on any atom is 0.334 e. The fraction of sp³-hybridized carbons (Fsp3) is 0.542. The molecule has 2 aromatic rings. The Bertz CT molecular complexity index is 1110. The highest BCUT2D eigenvalue weighted by Gasteiger charge is 2.28. The molecule has 0 aliphatic heterocycles. The normalized spacial score (nSPS) is 18.4. The van der Waals surface area contributed by atoms with Gasteiger partial charge >= 0.3 is 5.69 Å². The van der Waals surface area contributed by atoms with E-state index in [2.05, 4.69) is 4.99 Å². The molecule has 1 aromatic carbocycles. The van der Waals surface area contributed by atoms with Gasteiger partial charge in [0.2, 0.25) is 5.88 Å². The summed E-state index contributed by atoms with van der Waals surface area (Å²) in [6.07, 6.45) is 11.0. The van der Waals surface area contributed by atoms with Gasteiger partial charge in [-0.15, -0.1) is 0 Å². The summed E-state index contributed by atoms with van der Waals surface area (Å²) in [5, 5.41) is 11.9. The van der Waals surface area contributed by atoms with Crippen LogP contribution in [0.4, 0.5) is 0 Å². The molecule has 6 nitrogen and oxygen atoms in total. The number of rotatable bonds is 5. The molecule has 2 aliphatic carbocycles. The maximum atomic E-state index is 13.4. The fourth-order valence-corrected chi connectivity index (χ4v) is 5.29. The third-order valence-corrected chi connectivity index (χ3v) is 7.43. The molecule has 0 radical (unpaired) electrons. The SMILES string of the molecule is O=c1c(C=NCc2ccc(Cl)c(Cl)c2)c(O)n(C2CCCCC2)c(=O)n1C1CCCCC1. The van der Waals surface area contributed by atoms with Crippen LogP contribution in [-0.2, 0) is 6.54 Å². The predicted octanol–water partition coefficient (Wildman–Crippen LogP) is 5.65. The van der Waals surface area contributed by atoms with E-state index in [9.17, 15) is 14.7 Å². The molecule has 8 heteroatoms. The fourth-order valence-electron chi connectivity index (χ4n) is 4.97. The van der Waals surface area contributed by atoms with Gasteiger partial charge in [-0.25, -0.2) is 4.79 Å². The summed E-state index contributed by atoms with van der Waals surface area (Å²) >= 11 is 12.0. The molecule has 0 atom stereocenters. The van der Waals surface area contributed by atoms with Crippen molar-refractivity contribution in [3.63, 3.8) is 0 Å². The minimum atomic E-state index is -0.454. The highest BCUT2D eigenvalue weighted by Crippen LogP contribution is 2.31. The number of benzene rings is 1. The second kappa shape index (κ2) is 10.3. The van der Waals surface area contributed by atoms with Crippen LogP contribution in [-0.4, -0.2) is 20.5 Å². The summed E-state index contributed by atoms with van der Waals surface area (Å²) in [6, 6.07) is 5.03. The average molecular weight is 478 g/mol. The van der Waals surface area contributed by atoms with Crippen molar-refractivity contribution in [1.82, 2.24) is 9.13 Å². The molecule has 1 aromatic heterocycles. The second-order valence-electron chi connectivity index (χ2n) is 8.87. The number of nitrogens with zero attached hydrogens (tertiary/aromatic N) is 3. The summed E-state index contributed by atoms with van der Waals surface area (Å²) < 4.78 is 2.84. The third-order valence-electron chi connectivity index (χ3n) is 6.69. The van der Waals surface area contributed by atoms with Crippen LogP contribution in [0.1, 0.15) is 87.4 Å². The highest BCUT2D eigenvalue weighted by atomic mass is 35.5. The molecule has 172 valence electrons. The van der Waals surface area contributed by atoms with Gasteiger partial charge in [-0.3, -0.25) is 18.9 Å². The van der Waals surface area contributed by atoms with Crippen molar-refractivity contribution in [3.05, 3.63) is 60.2 Å². The minimum Gasteiger partial charge on any atom is -0.494 e. The van der Waals surface area contributed by atoms with Gasteiger partial charge < -0.3 is 5.11 Å². The second-order valence-corrected chi connectivity index (χ2v) is 9.68. The van der Waals surface area contributed by atoms with Crippen molar-refractivity contribution in [1.29, 1.82) is 0 Å². The van der Waals surface area contributed by atoms with Crippen molar-refractivity contribution in [2.45, 2.75) is 82.8 Å². The Morgan fingerprint density at radius 1 is 0.906 bits per heavy atom. The van der Waals surface area contributed by atoms with Gasteiger partial charge in [0.15, 0.2) is 0 Å². The average Bonchev–Trinajstić information content (AvgIpc) is 2.80. The van der Waals surface area contributed by atoms with Crippen LogP contribution in [0.3, 0.4) is 0 Å². The Kier molecular flexibility index (Phi) is 7.41. The summed E-state index contributed by atoms with van der Waals surface area (Å²) in [5.74, 6) is -0.267. The van der Waals surface area contributed by atoms with Crippen LogP contribution in [0.25, 0.3) is 0 Å². The van der Waals surface area contributed by atoms with E-state index in [1.807, 2.05) is 6.07 Å². The first kappa shape index (κ1) is 23.1.